The van der Waals surface area contributed by atoms with Crippen LogP contribution in [0.15, 0.2) is 48.8 Å². The summed E-state index contributed by atoms with van der Waals surface area (Å²) in [7, 11) is 5.73. The lowest BCUT2D eigenvalue weighted by atomic mass is 10.1. The highest BCUT2D eigenvalue weighted by Gasteiger charge is 2.11. The van der Waals surface area contributed by atoms with Crippen LogP contribution in [-0.2, 0) is 7.05 Å². The molecule has 3 aromatic heterocycles. The van der Waals surface area contributed by atoms with Gasteiger partial charge in [0.2, 0.25) is 0 Å². The van der Waals surface area contributed by atoms with Crippen molar-refractivity contribution in [1.82, 2.24) is 24.7 Å². The van der Waals surface area contributed by atoms with Crippen LogP contribution in [0, 0.1) is 6.92 Å². The first-order valence-electron chi connectivity index (χ1n) is 9.13. The molecule has 0 radical (unpaired) electrons. The van der Waals surface area contributed by atoms with Gasteiger partial charge in [0.1, 0.15) is 11.6 Å². The van der Waals surface area contributed by atoms with E-state index in [9.17, 15) is 4.79 Å². The summed E-state index contributed by atoms with van der Waals surface area (Å²) in [6.07, 6.45) is 3.46. The predicted octanol–water partition coefficient (Wildman–Crippen LogP) is 3.05. The van der Waals surface area contributed by atoms with E-state index in [0.717, 1.165) is 28.0 Å². The molecule has 4 aromatic rings. The summed E-state index contributed by atoms with van der Waals surface area (Å²) in [5, 5.41) is 12.1. The Balaban J connectivity index is 1.63. The first-order chi connectivity index (χ1) is 13.9. The number of carbonyl (C=O) groups is 1. The van der Waals surface area contributed by atoms with E-state index in [1.165, 1.54) is 0 Å². The van der Waals surface area contributed by atoms with Gasteiger partial charge in [0.15, 0.2) is 5.82 Å². The molecule has 0 unspecified atom stereocenters. The topological polar surface area (TPSA) is 88.8 Å². The van der Waals surface area contributed by atoms with Crippen LogP contribution in [0.5, 0.6) is 0 Å². The van der Waals surface area contributed by atoms with Crippen LogP contribution in [0.4, 0.5) is 11.6 Å². The molecule has 1 aromatic carbocycles. The Morgan fingerprint density at radius 2 is 1.90 bits per heavy atom. The van der Waals surface area contributed by atoms with Gasteiger partial charge in [-0.3, -0.25) is 4.79 Å². The second-order valence-electron chi connectivity index (χ2n) is 7.00. The summed E-state index contributed by atoms with van der Waals surface area (Å²) in [4.78, 5) is 23.0. The van der Waals surface area contributed by atoms with Crippen LogP contribution in [0.2, 0.25) is 0 Å². The van der Waals surface area contributed by atoms with Crippen molar-refractivity contribution in [2.75, 3.05) is 24.3 Å². The van der Waals surface area contributed by atoms with Crippen molar-refractivity contribution in [2.45, 2.75) is 6.92 Å². The number of amides is 1. The summed E-state index contributed by atoms with van der Waals surface area (Å²) in [5.74, 6) is 1.78. The number of aryl methyl sites for hydroxylation is 1. The Morgan fingerprint density at radius 3 is 2.62 bits per heavy atom. The zero-order valence-corrected chi connectivity index (χ0v) is 16.7. The molecule has 0 fully saturated rings. The number of hydrogen-bond donors (Lipinski definition) is 1. The number of imidazole rings is 1. The van der Waals surface area contributed by atoms with Crippen molar-refractivity contribution in [3.63, 3.8) is 0 Å². The van der Waals surface area contributed by atoms with E-state index < -0.39 is 0 Å². The highest BCUT2D eigenvalue weighted by atomic mass is 16.1. The van der Waals surface area contributed by atoms with Gasteiger partial charge >= 0.3 is 0 Å². The molecule has 3 heterocycles. The molecular formula is C21H21N7O. The molecule has 29 heavy (non-hydrogen) atoms. The maximum absolute atomic E-state index is 12.6. The molecule has 0 saturated carbocycles. The van der Waals surface area contributed by atoms with Crippen LogP contribution in [-0.4, -0.2) is 44.7 Å². The van der Waals surface area contributed by atoms with E-state index in [0.29, 0.717) is 17.2 Å². The van der Waals surface area contributed by atoms with E-state index in [1.807, 2.05) is 68.0 Å². The van der Waals surface area contributed by atoms with Crippen LogP contribution in [0.25, 0.3) is 22.2 Å². The Bertz CT molecular complexity index is 1210. The van der Waals surface area contributed by atoms with Gasteiger partial charge in [-0.15, -0.1) is 10.2 Å². The molecular weight excluding hydrogens is 366 g/mol. The number of carbonyl (C=O) groups excluding carboxylic acids is 1. The summed E-state index contributed by atoms with van der Waals surface area (Å²) in [6, 6.07) is 11.1. The fraction of sp³-hybridized carbons (Fsp3) is 0.190. The fourth-order valence-electron chi connectivity index (χ4n) is 3.03. The minimum absolute atomic E-state index is 0.262. The molecule has 0 atom stereocenters. The average molecular weight is 387 g/mol. The molecule has 8 heteroatoms. The summed E-state index contributed by atoms with van der Waals surface area (Å²) < 4.78 is 2.03. The van der Waals surface area contributed by atoms with E-state index >= 15 is 0 Å². The van der Waals surface area contributed by atoms with Crippen molar-refractivity contribution in [1.29, 1.82) is 0 Å². The van der Waals surface area contributed by atoms with E-state index in [4.69, 9.17) is 0 Å². The Morgan fingerprint density at radius 1 is 1.07 bits per heavy atom. The van der Waals surface area contributed by atoms with Gasteiger partial charge in [-0.25, -0.2) is 9.97 Å². The number of anilines is 2. The maximum atomic E-state index is 12.6. The van der Waals surface area contributed by atoms with Gasteiger partial charge in [0.05, 0.1) is 17.4 Å². The van der Waals surface area contributed by atoms with Crippen LogP contribution in [0.3, 0.4) is 0 Å². The van der Waals surface area contributed by atoms with E-state index in [1.54, 1.807) is 18.3 Å². The van der Waals surface area contributed by atoms with E-state index in [-0.39, 0.29) is 5.91 Å². The number of pyridine rings is 1. The van der Waals surface area contributed by atoms with Crippen LogP contribution < -0.4 is 10.2 Å². The van der Waals surface area contributed by atoms with Gasteiger partial charge in [-0.2, -0.15) is 0 Å². The normalized spacial score (nSPS) is 10.9. The minimum Gasteiger partial charge on any atom is -0.363 e. The van der Waals surface area contributed by atoms with Crippen molar-refractivity contribution in [3.8, 4) is 11.3 Å². The minimum atomic E-state index is -0.262. The number of fused-ring (bicyclic) bond motifs is 1. The van der Waals surface area contributed by atoms with Gasteiger partial charge in [-0.05, 0) is 37.3 Å². The number of aromatic nitrogens is 5. The molecule has 0 aliphatic carbocycles. The lowest BCUT2D eigenvalue weighted by Crippen LogP contribution is -2.16. The number of hydrogen-bond acceptors (Lipinski definition) is 6. The number of benzene rings is 1. The molecule has 8 nitrogen and oxygen atoms in total. The second kappa shape index (κ2) is 7.31. The van der Waals surface area contributed by atoms with Crippen molar-refractivity contribution >= 4 is 28.4 Å². The highest BCUT2D eigenvalue weighted by Crippen LogP contribution is 2.25. The molecule has 0 bridgehead atoms. The molecule has 0 aliphatic rings. The lowest BCUT2D eigenvalue weighted by Gasteiger charge is -2.12. The van der Waals surface area contributed by atoms with Crippen molar-refractivity contribution in [2.24, 2.45) is 7.05 Å². The second-order valence-corrected chi connectivity index (χ2v) is 7.00. The number of nitrogens with one attached hydrogen (secondary N) is 1. The summed E-state index contributed by atoms with van der Waals surface area (Å²) in [5.41, 5.74) is 3.30. The zero-order valence-electron chi connectivity index (χ0n) is 16.7. The summed E-state index contributed by atoms with van der Waals surface area (Å²) in [6.45, 7) is 1.96. The Hall–Kier alpha value is -3.81. The Kier molecular flexibility index (Phi) is 4.67. The Labute approximate surface area is 168 Å². The average Bonchev–Trinajstić information content (AvgIpc) is 3.06. The third-order valence-electron chi connectivity index (χ3n) is 4.81. The van der Waals surface area contributed by atoms with Crippen LogP contribution in [0.1, 0.15) is 16.2 Å². The van der Waals surface area contributed by atoms with Crippen molar-refractivity contribution < 1.29 is 4.79 Å². The molecule has 4 rings (SSSR count). The van der Waals surface area contributed by atoms with Gasteiger partial charge in [-0.1, -0.05) is 6.07 Å². The zero-order chi connectivity index (χ0) is 20.5. The lowest BCUT2D eigenvalue weighted by molar-refractivity contribution is 0.102. The third-order valence-corrected chi connectivity index (χ3v) is 4.81. The first-order valence-corrected chi connectivity index (χ1v) is 9.13. The van der Waals surface area contributed by atoms with Gasteiger partial charge in [0.25, 0.3) is 5.91 Å². The molecule has 146 valence electrons. The standard InChI is InChI=1S/C21H21N7O/c1-13-23-12-18(28(13)4)14-5-6-17-16(9-14)10-19(26-25-17)24-21(29)15-7-8-22-20(11-15)27(2)3/h5-12H,1-4H3,(H,24,26,29). The molecule has 0 saturated heterocycles. The molecule has 1 amide bonds. The van der Waals surface area contributed by atoms with Crippen LogP contribution >= 0.6 is 0 Å². The monoisotopic (exact) mass is 387 g/mol. The van der Waals surface area contributed by atoms with E-state index in [2.05, 4.69) is 25.5 Å². The molecule has 0 aliphatic heterocycles. The number of rotatable bonds is 4. The fourth-order valence-corrected chi connectivity index (χ4v) is 3.03. The smallest absolute Gasteiger partial charge is 0.257 e. The first kappa shape index (κ1) is 18.5. The molecule has 1 N–H and O–H groups in total. The maximum Gasteiger partial charge on any atom is 0.257 e. The number of nitrogens with zero attached hydrogens (tertiary/aromatic N) is 6. The SMILES string of the molecule is Cc1ncc(-c2ccc3nnc(NC(=O)c4ccnc(N(C)C)c4)cc3c2)n1C. The largest absolute Gasteiger partial charge is 0.363 e. The van der Waals surface area contributed by atoms with Crippen molar-refractivity contribution in [3.05, 3.63) is 60.2 Å². The summed E-state index contributed by atoms with van der Waals surface area (Å²) >= 11 is 0. The highest BCUT2D eigenvalue weighted by molar-refractivity contribution is 6.04. The molecule has 0 spiro atoms. The third kappa shape index (κ3) is 3.64. The van der Waals surface area contributed by atoms with Gasteiger partial charge < -0.3 is 14.8 Å². The quantitative estimate of drug-likeness (QED) is 0.579. The predicted molar refractivity (Wildman–Crippen MR) is 113 cm³/mol. The van der Waals surface area contributed by atoms with Gasteiger partial charge in [0, 0.05) is 43.9 Å².